The van der Waals surface area contributed by atoms with Crippen molar-refractivity contribution in [3.63, 3.8) is 0 Å². The molecule has 0 aromatic heterocycles. The van der Waals surface area contributed by atoms with Crippen LogP contribution < -0.4 is 0 Å². The molecule has 4 rings (SSSR count). The molecule has 0 radical (unpaired) electrons. The van der Waals surface area contributed by atoms with Crippen LogP contribution in [0.2, 0.25) is 5.02 Å². The smallest absolute Gasteiger partial charge is 0.0698 e. The first-order valence-corrected chi connectivity index (χ1v) is 9.53. The molecule has 1 aromatic carbocycles. The zero-order chi connectivity index (χ0) is 16.5. The predicted molar refractivity (Wildman–Crippen MR) is 95.1 cm³/mol. The Hall–Kier alpha value is -0.650. The molecule has 3 fully saturated rings. The Morgan fingerprint density at radius 1 is 1.04 bits per heavy atom. The number of ether oxygens (including phenoxy) is 1. The lowest BCUT2D eigenvalue weighted by Crippen LogP contribution is -2.53. The zero-order valence-electron chi connectivity index (χ0n) is 14.1. The minimum atomic E-state index is -0.181. The van der Waals surface area contributed by atoms with Gasteiger partial charge in [-0.05, 0) is 42.4 Å². The summed E-state index contributed by atoms with van der Waals surface area (Å²) in [6.45, 7) is 6.80. The Labute approximate surface area is 149 Å². The second kappa shape index (κ2) is 7.30. The number of morpholine rings is 1. The number of nitrogens with zero attached hydrogens (tertiary/aromatic N) is 2. The van der Waals surface area contributed by atoms with Crippen molar-refractivity contribution in [2.24, 2.45) is 11.8 Å². The third kappa shape index (κ3) is 3.63. The van der Waals surface area contributed by atoms with Crippen LogP contribution >= 0.6 is 11.6 Å². The number of benzene rings is 1. The summed E-state index contributed by atoms with van der Waals surface area (Å²) in [6, 6.07) is 8.51. The molecule has 4 atom stereocenters. The van der Waals surface area contributed by atoms with E-state index < -0.39 is 0 Å². The van der Waals surface area contributed by atoms with Crippen molar-refractivity contribution in [2.75, 3.05) is 39.4 Å². The Balaban J connectivity index is 1.37. The third-order valence-corrected chi connectivity index (χ3v) is 6.27. The van der Waals surface area contributed by atoms with Crippen LogP contribution in [0.5, 0.6) is 0 Å². The molecule has 2 heterocycles. The van der Waals surface area contributed by atoms with Crippen molar-refractivity contribution < 1.29 is 9.84 Å². The van der Waals surface area contributed by atoms with Gasteiger partial charge in [-0.25, -0.2) is 0 Å². The van der Waals surface area contributed by atoms with E-state index in [2.05, 4.69) is 21.9 Å². The highest BCUT2D eigenvalue weighted by atomic mass is 35.5. The molecule has 0 unspecified atom stereocenters. The van der Waals surface area contributed by atoms with Gasteiger partial charge in [0.2, 0.25) is 0 Å². The van der Waals surface area contributed by atoms with E-state index in [0.29, 0.717) is 17.9 Å². The minimum Gasteiger partial charge on any atom is -0.391 e. The highest BCUT2D eigenvalue weighted by Crippen LogP contribution is 2.39. The van der Waals surface area contributed by atoms with Crippen molar-refractivity contribution in [3.05, 3.63) is 34.9 Å². The second-order valence-electron chi connectivity index (χ2n) is 7.60. The fourth-order valence-electron chi connectivity index (χ4n) is 4.78. The number of hydrogen-bond acceptors (Lipinski definition) is 4. The molecule has 2 saturated heterocycles. The summed E-state index contributed by atoms with van der Waals surface area (Å²) in [5.74, 6) is 1.36. The van der Waals surface area contributed by atoms with Crippen LogP contribution in [0.1, 0.15) is 18.4 Å². The van der Waals surface area contributed by atoms with Crippen molar-refractivity contribution >= 4 is 11.6 Å². The summed E-state index contributed by atoms with van der Waals surface area (Å²) >= 11 is 5.98. The van der Waals surface area contributed by atoms with Crippen molar-refractivity contribution in [3.8, 4) is 0 Å². The maximum Gasteiger partial charge on any atom is 0.0698 e. The molecule has 1 saturated carbocycles. The van der Waals surface area contributed by atoms with Gasteiger partial charge >= 0.3 is 0 Å². The number of aliphatic hydroxyl groups is 1. The number of likely N-dealkylation sites (tertiary alicyclic amines) is 1. The number of rotatable bonds is 3. The van der Waals surface area contributed by atoms with Crippen LogP contribution in [0.4, 0.5) is 0 Å². The van der Waals surface area contributed by atoms with Gasteiger partial charge in [-0.2, -0.15) is 0 Å². The largest absolute Gasteiger partial charge is 0.391 e. The Morgan fingerprint density at radius 3 is 2.42 bits per heavy atom. The lowest BCUT2D eigenvalue weighted by molar-refractivity contribution is -0.0520. The lowest BCUT2D eigenvalue weighted by Gasteiger charge is -2.43. The monoisotopic (exact) mass is 350 g/mol. The first-order valence-electron chi connectivity index (χ1n) is 9.15. The first kappa shape index (κ1) is 16.8. The van der Waals surface area contributed by atoms with Crippen LogP contribution in [0.3, 0.4) is 0 Å². The molecule has 24 heavy (non-hydrogen) atoms. The Kier molecular flexibility index (Phi) is 5.11. The summed E-state index contributed by atoms with van der Waals surface area (Å²) in [5, 5.41) is 11.5. The van der Waals surface area contributed by atoms with Crippen LogP contribution in [0.25, 0.3) is 0 Å². The van der Waals surface area contributed by atoms with E-state index in [-0.39, 0.29) is 6.10 Å². The van der Waals surface area contributed by atoms with E-state index in [1.54, 1.807) is 0 Å². The standard InChI is InChI=1S/C19H27ClN2O2/c20-17-3-1-14(2-4-17)11-21-12-15-9-18(19(23)10-16(15)13-21)22-5-7-24-8-6-22/h1-4,15-16,18-19,23H,5-13H2/t15-,16+,18-,19-/m1/s1. The number of hydrogen-bond donors (Lipinski definition) is 1. The maximum atomic E-state index is 10.7. The molecular formula is C19H27ClN2O2. The fourth-order valence-corrected chi connectivity index (χ4v) is 4.91. The van der Waals surface area contributed by atoms with Crippen molar-refractivity contribution in [2.45, 2.75) is 31.5 Å². The molecule has 3 aliphatic rings. The second-order valence-corrected chi connectivity index (χ2v) is 8.03. The van der Waals surface area contributed by atoms with E-state index in [9.17, 15) is 5.11 Å². The summed E-state index contributed by atoms with van der Waals surface area (Å²) in [7, 11) is 0. The van der Waals surface area contributed by atoms with E-state index >= 15 is 0 Å². The molecule has 0 amide bonds. The van der Waals surface area contributed by atoms with Gasteiger partial charge in [0.15, 0.2) is 0 Å². The highest BCUT2D eigenvalue weighted by Gasteiger charge is 2.43. The summed E-state index contributed by atoms with van der Waals surface area (Å²) in [5.41, 5.74) is 1.32. The molecule has 1 aliphatic carbocycles. The quantitative estimate of drug-likeness (QED) is 0.907. The summed E-state index contributed by atoms with van der Waals surface area (Å²) in [6.07, 6.45) is 1.90. The molecule has 0 spiro atoms. The van der Waals surface area contributed by atoms with Gasteiger partial charge < -0.3 is 9.84 Å². The van der Waals surface area contributed by atoms with Gasteiger partial charge in [0, 0.05) is 43.8 Å². The van der Waals surface area contributed by atoms with E-state index in [1.807, 2.05) is 12.1 Å². The lowest BCUT2D eigenvalue weighted by atomic mass is 9.77. The normalized spacial score (nSPS) is 35.1. The van der Waals surface area contributed by atoms with Gasteiger partial charge in [-0.15, -0.1) is 0 Å². The molecule has 5 heteroatoms. The number of aliphatic hydroxyl groups excluding tert-OH is 1. The molecule has 0 bridgehead atoms. The molecule has 4 nitrogen and oxygen atoms in total. The van der Waals surface area contributed by atoms with Crippen LogP contribution in [0.15, 0.2) is 24.3 Å². The van der Waals surface area contributed by atoms with Gasteiger partial charge in [0.05, 0.1) is 19.3 Å². The van der Waals surface area contributed by atoms with E-state index in [4.69, 9.17) is 16.3 Å². The van der Waals surface area contributed by atoms with E-state index in [0.717, 1.165) is 63.8 Å². The fraction of sp³-hybridized carbons (Fsp3) is 0.684. The molecule has 1 N–H and O–H groups in total. The summed E-state index contributed by atoms with van der Waals surface area (Å²) in [4.78, 5) is 5.00. The van der Waals surface area contributed by atoms with Crippen molar-refractivity contribution in [1.82, 2.24) is 9.80 Å². The average molecular weight is 351 g/mol. The minimum absolute atomic E-state index is 0.181. The SMILES string of the molecule is O[C@@H]1C[C@H]2CN(Cc3ccc(Cl)cc3)C[C@H]2C[C@H]1N1CCOCC1. The molecule has 132 valence electrons. The molecule has 1 aromatic rings. The Bertz CT molecular complexity index is 547. The van der Waals surface area contributed by atoms with Crippen LogP contribution in [-0.2, 0) is 11.3 Å². The van der Waals surface area contributed by atoms with Gasteiger partial charge in [0.1, 0.15) is 0 Å². The van der Waals surface area contributed by atoms with Gasteiger partial charge in [-0.1, -0.05) is 23.7 Å². The molecule has 2 aliphatic heterocycles. The first-order chi connectivity index (χ1) is 11.7. The zero-order valence-corrected chi connectivity index (χ0v) is 14.9. The third-order valence-electron chi connectivity index (χ3n) is 6.02. The number of halogens is 1. The van der Waals surface area contributed by atoms with Crippen LogP contribution in [0, 0.1) is 11.8 Å². The van der Waals surface area contributed by atoms with Gasteiger partial charge in [-0.3, -0.25) is 9.80 Å². The number of fused-ring (bicyclic) bond motifs is 1. The molecular weight excluding hydrogens is 324 g/mol. The van der Waals surface area contributed by atoms with Gasteiger partial charge in [0.25, 0.3) is 0 Å². The highest BCUT2D eigenvalue weighted by molar-refractivity contribution is 6.30. The van der Waals surface area contributed by atoms with E-state index in [1.165, 1.54) is 5.56 Å². The summed E-state index contributed by atoms with van der Waals surface area (Å²) < 4.78 is 5.46. The van der Waals surface area contributed by atoms with Crippen LogP contribution in [-0.4, -0.2) is 66.4 Å². The predicted octanol–water partition coefficient (Wildman–Crippen LogP) is 2.24. The average Bonchev–Trinajstić information content (AvgIpc) is 2.98. The maximum absolute atomic E-state index is 10.7. The Morgan fingerprint density at radius 2 is 1.71 bits per heavy atom. The topological polar surface area (TPSA) is 35.9 Å². The van der Waals surface area contributed by atoms with Crippen molar-refractivity contribution in [1.29, 1.82) is 0 Å².